The van der Waals surface area contributed by atoms with Crippen molar-refractivity contribution in [2.75, 3.05) is 18.4 Å². The predicted molar refractivity (Wildman–Crippen MR) is 96.1 cm³/mol. The van der Waals surface area contributed by atoms with Gasteiger partial charge in [-0.1, -0.05) is 0 Å². The highest BCUT2D eigenvalue weighted by atomic mass is 32.1. The fourth-order valence-corrected chi connectivity index (χ4v) is 3.85. The second kappa shape index (κ2) is 7.90. The minimum absolute atomic E-state index is 0.0411. The van der Waals surface area contributed by atoms with Crippen molar-refractivity contribution in [1.29, 1.82) is 0 Å². The van der Waals surface area contributed by atoms with Crippen molar-refractivity contribution in [2.24, 2.45) is 5.92 Å². The number of nitrogens with zero attached hydrogens (tertiary/aromatic N) is 4. The Bertz CT molecular complexity index is 646. The average molecular weight is 347 g/mol. The van der Waals surface area contributed by atoms with Gasteiger partial charge in [0, 0.05) is 24.3 Å². The SMILES string of the molecule is Cc1csc(NC(=O)C(C)N2CCC(CCn3cccn3)CC2)n1. The Morgan fingerprint density at radius 1 is 1.46 bits per heavy atom. The van der Waals surface area contributed by atoms with Gasteiger partial charge in [-0.25, -0.2) is 4.98 Å². The van der Waals surface area contributed by atoms with Crippen LogP contribution < -0.4 is 5.32 Å². The molecular weight excluding hydrogens is 322 g/mol. The number of hydrogen-bond acceptors (Lipinski definition) is 5. The molecule has 1 fully saturated rings. The van der Waals surface area contributed by atoms with Gasteiger partial charge in [0.25, 0.3) is 0 Å². The van der Waals surface area contributed by atoms with E-state index in [1.54, 1.807) is 0 Å². The number of hydrogen-bond donors (Lipinski definition) is 1. The van der Waals surface area contributed by atoms with Crippen LogP contribution in [-0.2, 0) is 11.3 Å². The predicted octanol–water partition coefficient (Wildman–Crippen LogP) is 2.78. The van der Waals surface area contributed by atoms with Crippen LogP contribution >= 0.6 is 11.3 Å². The van der Waals surface area contributed by atoms with Gasteiger partial charge < -0.3 is 5.32 Å². The molecule has 2 aromatic rings. The van der Waals surface area contributed by atoms with Gasteiger partial charge in [-0.15, -0.1) is 11.3 Å². The number of anilines is 1. The van der Waals surface area contributed by atoms with Crippen LogP contribution in [-0.4, -0.2) is 44.7 Å². The molecule has 1 saturated heterocycles. The van der Waals surface area contributed by atoms with Gasteiger partial charge in [0.15, 0.2) is 5.13 Å². The number of carbonyl (C=O) groups is 1. The van der Waals surface area contributed by atoms with Crippen LogP contribution in [0.4, 0.5) is 5.13 Å². The van der Waals surface area contributed by atoms with Crippen LogP contribution in [0, 0.1) is 12.8 Å². The van der Waals surface area contributed by atoms with E-state index in [0.29, 0.717) is 5.13 Å². The monoisotopic (exact) mass is 347 g/mol. The molecule has 0 saturated carbocycles. The number of aryl methyl sites for hydroxylation is 2. The van der Waals surface area contributed by atoms with E-state index < -0.39 is 0 Å². The van der Waals surface area contributed by atoms with Crippen LogP contribution in [0.15, 0.2) is 23.8 Å². The van der Waals surface area contributed by atoms with E-state index in [1.165, 1.54) is 11.3 Å². The second-order valence-corrected chi connectivity index (χ2v) is 7.35. The van der Waals surface area contributed by atoms with E-state index >= 15 is 0 Å². The molecule has 3 heterocycles. The van der Waals surface area contributed by atoms with Crippen molar-refractivity contribution < 1.29 is 4.79 Å². The molecule has 0 spiro atoms. The van der Waals surface area contributed by atoms with Crippen molar-refractivity contribution in [1.82, 2.24) is 19.7 Å². The lowest BCUT2D eigenvalue weighted by molar-refractivity contribution is -0.121. The smallest absolute Gasteiger partial charge is 0.243 e. The zero-order valence-corrected chi connectivity index (χ0v) is 15.1. The number of aromatic nitrogens is 3. The zero-order valence-electron chi connectivity index (χ0n) is 14.3. The van der Waals surface area contributed by atoms with Gasteiger partial charge in [0.1, 0.15) is 0 Å². The van der Waals surface area contributed by atoms with E-state index in [4.69, 9.17) is 0 Å². The molecule has 2 aromatic heterocycles. The topological polar surface area (TPSA) is 63.1 Å². The maximum atomic E-state index is 12.4. The molecule has 1 unspecified atom stereocenters. The summed E-state index contributed by atoms with van der Waals surface area (Å²) in [6.45, 7) is 6.87. The minimum atomic E-state index is -0.110. The summed E-state index contributed by atoms with van der Waals surface area (Å²) >= 11 is 1.48. The lowest BCUT2D eigenvalue weighted by Gasteiger charge is -2.35. The molecule has 1 aliphatic heterocycles. The lowest BCUT2D eigenvalue weighted by Crippen LogP contribution is -2.46. The standard InChI is InChI=1S/C17H25N5OS/c1-13-12-24-17(19-13)20-16(23)14(2)21-9-4-15(5-10-21)6-11-22-8-3-7-18-22/h3,7-8,12,14-15H,4-6,9-11H2,1-2H3,(H,19,20,23). The third kappa shape index (κ3) is 4.42. The van der Waals surface area contributed by atoms with Crippen molar-refractivity contribution in [3.63, 3.8) is 0 Å². The molecule has 24 heavy (non-hydrogen) atoms. The van der Waals surface area contributed by atoms with Crippen LogP contribution in [0.3, 0.4) is 0 Å². The van der Waals surface area contributed by atoms with Crippen LogP contribution in [0.5, 0.6) is 0 Å². The quantitative estimate of drug-likeness (QED) is 0.873. The third-order valence-electron chi connectivity index (χ3n) is 4.75. The molecular formula is C17H25N5OS. The number of amides is 1. The number of likely N-dealkylation sites (tertiary alicyclic amines) is 1. The highest BCUT2D eigenvalue weighted by Crippen LogP contribution is 2.23. The van der Waals surface area contributed by atoms with Crippen LogP contribution in [0.1, 0.15) is 31.9 Å². The number of carbonyl (C=O) groups excluding carboxylic acids is 1. The summed E-state index contributed by atoms with van der Waals surface area (Å²) in [6.07, 6.45) is 7.30. The molecule has 7 heteroatoms. The van der Waals surface area contributed by atoms with Crippen LogP contribution in [0.25, 0.3) is 0 Å². The molecule has 0 radical (unpaired) electrons. The number of nitrogens with one attached hydrogen (secondary N) is 1. The van der Waals surface area contributed by atoms with Crippen LogP contribution in [0.2, 0.25) is 0 Å². The van der Waals surface area contributed by atoms with Crippen molar-refractivity contribution in [2.45, 2.75) is 45.7 Å². The molecule has 0 aromatic carbocycles. The van der Waals surface area contributed by atoms with Gasteiger partial charge in [-0.2, -0.15) is 5.10 Å². The normalized spacial score (nSPS) is 17.8. The second-order valence-electron chi connectivity index (χ2n) is 6.50. The molecule has 130 valence electrons. The maximum absolute atomic E-state index is 12.4. The molecule has 0 aliphatic carbocycles. The average Bonchev–Trinajstić information content (AvgIpc) is 3.24. The first-order chi connectivity index (χ1) is 11.6. The highest BCUT2D eigenvalue weighted by Gasteiger charge is 2.26. The summed E-state index contributed by atoms with van der Waals surface area (Å²) in [5.74, 6) is 0.765. The molecule has 3 rings (SSSR count). The summed E-state index contributed by atoms with van der Waals surface area (Å²) in [6, 6.07) is 1.86. The van der Waals surface area contributed by atoms with E-state index in [2.05, 4.69) is 20.3 Å². The van der Waals surface area contributed by atoms with E-state index in [-0.39, 0.29) is 11.9 Å². The van der Waals surface area contributed by atoms with Gasteiger partial charge in [-0.05, 0) is 58.2 Å². The van der Waals surface area contributed by atoms with Gasteiger partial charge in [0.2, 0.25) is 5.91 Å². The van der Waals surface area contributed by atoms with Gasteiger partial charge in [0.05, 0.1) is 11.7 Å². The fraction of sp³-hybridized carbons (Fsp3) is 0.588. The molecule has 1 N–H and O–H groups in total. The summed E-state index contributed by atoms with van der Waals surface area (Å²) in [5.41, 5.74) is 0.945. The van der Waals surface area contributed by atoms with Gasteiger partial charge >= 0.3 is 0 Å². The minimum Gasteiger partial charge on any atom is -0.301 e. The van der Waals surface area contributed by atoms with E-state index in [9.17, 15) is 4.79 Å². The summed E-state index contributed by atoms with van der Waals surface area (Å²) in [5, 5.41) is 9.83. The molecule has 1 atom stereocenters. The number of thiazole rings is 1. The summed E-state index contributed by atoms with van der Waals surface area (Å²) < 4.78 is 2.00. The first-order valence-corrected chi connectivity index (χ1v) is 9.44. The number of piperidine rings is 1. The Morgan fingerprint density at radius 2 is 2.25 bits per heavy atom. The molecule has 0 bridgehead atoms. The summed E-state index contributed by atoms with van der Waals surface area (Å²) in [4.78, 5) is 19.0. The van der Waals surface area contributed by atoms with E-state index in [1.807, 2.05) is 42.4 Å². The van der Waals surface area contributed by atoms with E-state index in [0.717, 1.165) is 50.5 Å². The molecule has 1 amide bonds. The van der Waals surface area contributed by atoms with Crippen molar-refractivity contribution in [3.8, 4) is 0 Å². The first kappa shape index (κ1) is 17.1. The largest absolute Gasteiger partial charge is 0.301 e. The maximum Gasteiger partial charge on any atom is 0.243 e. The Morgan fingerprint density at radius 3 is 2.88 bits per heavy atom. The Balaban J connectivity index is 1.42. The van der Waals surface area contributed by atoms with Crippen molar-refractivity contribution >= 4 is 22.4 Å². The fourth-order valence-electron chi connectivity index (χ4n) is 3.16. The lowest BCUT2D eigenvalue weighted by atomic mass is 9.93. The molecule has 1 aliphatic rings. The molecule has 6 nitrogen and oxygen atoms in total. The first-order valence-electron chi connectivity index (χ1n) is 8.56. The van der Waals surface area contributed by atoms with Crippen molar-refractivity contribution in [3.05, 3.63) is 29.5 Å². The Labute approximate surface area is 146 Å². The van der Waals surface area contributed by atoms with Gasteiger partial charge in [-0.3, -0.25) is 14.4 Å². The zero-order chi connectivity index (χ0) is 16.9. The Kier molecular flexibility index (Phi) is 5.63. The third-order valence-corrected chi connectivity index (χ3v) is 5.63. The number of rotatable bonds is 6. The highest BCUT2D eigenvalue weighted by molar-refractivity contribution is 7.13. The summed E-state index contributed by atoms with van der Waals surface area (Å²) in [7, 11) is 0. The Hall–Kier alpha value is -1.73.